The van der Waals surface area contributed by atoms with Crippen LogP contribution >= 0.6 is 15.9 Å². The molecule has 1 aliphatic rings. The van der Waals surface area contributed by atoms with E-state index in [1.165, 1.54) is 0 Å². The Morgan fingerprint density at radius 1 is 1.32 bits per heavy atom. The van der Waals surface area contributed by atoms with E-state index >= 15 is 0 Å². The van der Waals surface area contributed by atoms with Gasteiger partial charge in [-0.15, -0.1) is 0 Å². The fourth-order valence-corrected chi connectivity index (χ4v) is 3.77. The summed E-state index contributed by atoms with van der Waals surface area (Å²) < 4.78 is 12.1. The van der Waals surface area contributed by atoms with Crippen LogP contribution in [0.3, 0.4) is 0 Å². The lowest BCUT2D eigenvalue weighted by molar-refractivity contribution is 0.00451. The molecule has 0 saturated carbocycles. The van der Waals surface area contributed by atoms with Crippen molar-refractivity contribution >= 4 is 22.0 Å². The minimum Gasteiger partial charge on any atom is -0.496 e. The van der Waals surface area contributed by atoms with E-state index in [0.717, 1.165) is 34.4 Å². The standard InChI is InChI=1S/C19H29BrN2O3/c1-13-9-16(20)10-15(17(13)24-6)12-21-7-8-22(11-14(21)2)18(23)25-19(3,4)5/h9-10,14H,7-8,11-12H2,1-6H3/t14-/m1/s1. The first-order valence-electron chi connectivity index (χ1n) is 8.65. The number of hydrogen-bond acceptors (Lipinski definition) is 4. The van der Waals surface area contributed by atoms with Crippen LogP contribution < -0.4 is 4.74 Å². The first-order valence-corrected chi connectivity index (χ1v) is 9.45. The molecule has 0 aliphatic carbocycles. The molecule has 1 aromatic rings. The first kappa shape index (κ1) is 20.0. The molecule has 0 N–H and O–H groups in total. The zero-order chi connectivity index (χ0) is 18.8. The Balaban J connectivity index is 2.04. The van der Waals surface area contributed by atoms with Gasteiger partial charge in [0.25, 0.3) is 0 Å². The minimum atomic E-state index is -0.460. The number of nitrogens with zero attached hydrogens (tertiary/aromatic N) is 2. The molecule has 25 heavy (non-hydrogen) atoms. The van der Waals surface area contributed by atoms with Crippen molar-refractivity contribution in [2.45, 2.75) is 52.8 Å². The van der Waals surface area contributed by atoms with Crippen LogP contribution in [0.2, 0.25) is 0 Å². The van der Waals surface area contributed by atoms with E-state index in [2.05, 4.69) is 46.8 Å². The Bertz CT molecular complexity index is 628. The average Bonchev–Trinajstić information content (AvgIpc) is 2.47. The van der Waals surface area contributed by atoms with Gasteiger partial charge in [0.15, 0.2) is 0 Å². The van der Waals surface area contributed by atoms with Gasteiger partial charge in [0.2, 0.25) is 0 Å². The molecule has 1 fully saturated rings. The number of piperazine rings is 1. The van der Waals surface area contributed by atoms with Gasteiger partial charge in [-0.2, -0.15) is 0 Å². The molecule has 1 aromatic carbocycles. The molecule has 1 aliphatic heterocycles. The Hall–Kier alpha value is -1.27. The number of halogens is 1. The number of amides is 1. The summed E-state index contributed by atoms with van der Waals surface area (Å²) in [7, 11) is 1.71. The van der Waals surface area contributed by atoms with E-state index in [0.29, 0.717) is 13.1 Å². The maximum absolute atomic E-state index is 12.3. The number of carbonyl (C=O) groups excluding carboxylic acids is 1. The van der Waals surface area contributed by atoms with Gasteiger partial charge in [0.05, 0.1) is 7.11 Å². The van der Waals surface area contributed by atoms with Gasteiger partial charge in [-0.1, -0.05) is 15.9 Å². The van der Waals surface area contributed by atoms with Crippen LogP contribution in [0.15, 0.2) is 16.6 Å². The summed E-state index contributed by atoms with van der Waals surface area (Å²) in [4.78, 5) is 16.5. The second kappa shape index (κ2) is 7.96. The summed E-state index contributed by atoms with van der Waals surface area (Å²) >= 11 is 3.57. The van der Waals surface area contributed by atoms with Crippen molar-refractivity contribution in [2.24, 2.45) is 0 Å². The maximum atomic E-state index is 12.3. The van der Waals surface area contributed by atoms with E-state index in [1.54, 1.807) is 12.0 Å². The second-order valence-corrected chi connectivity index (χ2v) is 8.58. The summed E-state index contributed by atoms with van der Waals surface area (Å²) in [5.74, 6) is 0.935. The highest BCUT2D eigenvalue weighted by atomic mass is 79.9. The van der Waals surface area contributed by atoms with Gasteiger partial charge in [-0.05, 0) is 52.3 Å². The Morgan fingerprint density at radius 3 is 2.56 bits per heavy atom. The van der Waals surface area contributed by atoms with Gasteiger partial charge in [0.1, 0.15) is 11.4 Å². The SMILES string of the molecule is COc1c(C)cc(Br)cc1CN1CCN(C(=O)OC(C)(C)C)C[C@H]1C. The Labute approximate surface area is 159 Å². The summed E-state index contributed by atoms with van der Waals surface area (Å²) in [5, 5.41) is 0. The molecule has 0 unspecified atom stereocenters. The number of methoxy groups -OCH3 is 1. The third kappa shape index (κ3) is 5.35. The summed E-state index contributed by atoms with van der Waals surface area (Å²) in [6, 6.07) is 4.43. The van der Waals surface area contributed by atoms with Gasteiger partial charge in [-0.25, -0.2) is 4.79 Å². The molecule has 6 heteroatoms. The third-order valence-corrected chi connectivity index (χ3v) is 4.77. The highest BCUT2D eigenvalue weighted by molar-refractivity contribution is 9.10. The lowest BCUT2D eigenvalue weighted by Gasteiger charge is -2.40. The molecule has 2 rings (SSSR count). The number of hydrogen-bond donors (Lipinski definition) is 0. The van der Waals surface area contributed by atoms with Gasteiger partial charge >= 0.3 is 6.09 Å². The molecule has 0 spiro atoms. The molecule has 1 heterocycles. The van der Waals surface area contributed by atoms with Crippen LogP contribution in [0.4, 0.5) is 4.79 Å². The van der Waals surface area contributed by atoms with Crippen molar-refractivity contribution in [1.82, 2.24) is 9.80 Å². The van der Waals surface area contributed by atoms with Crippen LogP contribution in [-0.4, -0.2) is 54.3 Å². The van der Waals surface area contributed by atoms with Crippen LogP contribution in [0.1, 0.15) is 38.8 Å². The fraction of sp³-hybridized carbons (Fsp3) is 0.632. The first-order chi connectivity index (χ1) is 11.6. The van der Waals surface area contributed by atoms with Crippen molar-refractivity contribution < 1.29 is 14.3 Å². The van der Waals surface area contributed by atoms with E-state index in [9.17, 15) is 4.79 Å². The van der Waals surface area contributed by atoms with E-state index < -0.39 is 5.60 Å². The quantitative estimate of drug-likeness (QED) is 0.745. The molecule has 1 atom stereocenters. The Kier molecular flexibility index (Phi) is 6.38. The fourth-order valence-electron chi connectivity index (χ4n) is 3.15. The number of rotatable bonds is 3. The van der Waals surface area contributed by atoms with Gasteiger partial charge < -0.3 is 14.4 Å². The number of benzene rings is 1. The lowest BCUT2D eigenvalue weighted by Crippen LogP contribution is -2.54. The highest BCUT2D eigenvalue weighted by Gasteiger charge is 2.30. The predicted octanol–water partition coefficient (Wildman–Crippen LogP) is 4.21. The molecule has 0 bridgehead atoms. The molecular weight excluding hydrogens is 384 g/mol. The topological polar surface area (TPSA) is 42.0 Å². The van der Waals surface area contributed by atoms with Crippen LogP contribution in [-0.2, 0) is 11.3 Å². The van der Waals surface area contributed by atoms with E-state index in [-0.39, 0.29) is 12.1 Å². The van der Waals surface area contributed by atoms with Crippen molar-refractivity contribution in [1.29, 1.82) is 0 Å². The zero-order valence-corrected chi connectivity index (χ0v) is 17.6. The van der Waals surface area contributed by atoms with Crippen molar-refractivity contribution in [2.75, 3.05) is 26.7 Å². The maximum Gasteiger partial charge on any atom is 0.410 e. The van der Waals surface area contributed by atoms with E-state index in [1.807, 2.05) is 20.8 Å². The number of aryl methyl sites for hydroxylation is 1. The zero-order valence-electron chi connectivity index (χ0n) is 16.1. The summed E-state index contributed by atoms with van der Waals surface area (Å²) in [6.45, 7) is 12.8. The molecule has 5 nitrogen and oxygen atoms in total. The molecule has 1 saturated heterocycles. The predicted molar refractivity (Wildman–Crippen MR) is 103 cm³/mol. The number of carbonyl (C=O) groups is 1. The second-order valence-electron chi connectivity index (χ2n) is 7.66. The van der Waals surface area contributed by atoms with E-state index in [4.69, 9.17) is 9.47 Å². The van der Waals surface area contributed by atoms with Gasteiger partial charge in [0, 0.05) is 42.3 Å². The number of ether oxygens (including phenoxy) is 2. The van der Waals surface area contributed by atoms with Crippen LogP contribution in [0.25, 0.3) is 0 Å². The van der Waals surface area contributed by atoms with Crippen molar-refractivity contribution in [3.05, 3.63) is 27.7 Å². The summed E-state index contributed by atoms with van der Waals surface area (Å²) in [5.41, 5.74) is 1.82. The average molecular weight is 413 g/mol. The smallest absolute Gasteiger partial charge is 0.410 e. The van der Waals surface area contributed by atoms with Crippen LogP contribution in [0.5, 0.6) is 5.75 Å². The molecule has 0 radical (unpaired) electrons. The molecular formula is C19H29BrN2O3. The lowest BCUT2D eigenvalue weighted by atomic mass is 10.1. The summed E-state index contributed by atoms with van der Waals surface area (Å²) in [6.07, 6.45) is -0.227. The third-order valence-electron chi connectivity index (χ3n) is 4.31. The molecule has 140 valence electrons. The molecule has 0 aromatic heterocycles. The monoisotopic (exact) mass is 412 g/mol. The largest absolute Gasteiger partial charge is 0.496 e. The van der Waals surface area contributed by atoms with Gasteiger partial charge in [-0.3, -0.25) is 4.90 Å². The Morgan fingerprint density at radius 2 is 2.00 bits per heavy atom. The minimum absolute atomic E-state index is 0.227. The van der Waals surface area contributed by atoms with Crippen molar-refractivity contribution in [3.63, 3.8) is 0 Å². The highest BCUT2D eigenvalue weighted by Crippen LogP contribution is 2.30. The normalized spacial score (nSPS) is 19.0. The van der Waals surface area contributed by atoms with Crippen LogP contribution in [0, 0.1) is 6.92 Å². The van der Waals surface area contributed by atoms with Crippen molar-refractivity contribution in [3.8, 4) is 5.75 Å². The molecule has 1 amide bonds.